The topological polar surface area (TPSA) is 100 Å². The van der Waals surface area contributed by atoms with Crippen LogP contribution in [0.5, 0.6) is 5.75 Å². The van der Waals surface area contributed by atoms with E-state index >= 15 is 0 Å². The fourth-order valence-electron chi connectivity index (χ4n) is 2.15. The van der Waals surface area contributed by atoms with Crippen molar-refractivity contribution in [3.8, 4) is 5.75 Å². The second kappa shape index (κ2) is 7.65. The van der Waals surface area contributed by atoms with E-state index in [2.05, 4.69) is 15.6 Å². The van der Waals surface area contributed by atoms with E-state index in [0.29, 0.717) is 22.8 Å². The van der Waals surface area contributed by atoms with Gasteiger partial charge in [0.05, 0.1) is 18.5 Å². The molecule has 1 aromatic heterocycles. The van der Waals surface area contributed by atoms with Crippen molar-refractivity contribution in [3.63, 3.8) is 0 Å². The van der Waals surface area contributed by atoms with E-state index in [9.17, 15) is 14.4 Å². The predicted octanol–water partition coefficient (Wildman–Crippen LogP) is 2.54. The Morgan fingerprint density at radius 2 is 1.80 bits per heavy atom. The fraction of sp³-hybridized carbons (Fsp3) is 0.278. The quantitative estimate of drug-likeness (QED) is 0.776. The van der Waals surface area contributed by atoms with Crippen LogP contribution >= 0.6 is 0 Å². The normalized spacial score (nSPS) is 10.4. The predicted molar refractivity (Wildman–Crippen MR) is 96.2 cm³/mol. The van der Waals surface area contributed by atoms with Crippen LogP contribution < -0.4 is 20.9 Å². The molecule has 0 aliphatic rings. The number of hydrogen-bond acceptors (Lipinski definition) is 4. The molecule has 7 heteroatoms. The van der Waals surface area contributed by atoms with Crippen molar-refractivity contribution in [3.05, 3.63) is 51.9 Å². The summed E-state index contributed by atoms with van der Waals surface area (Å²) in [7, 11) is 1.51. The zero-order valence-corrected chi connectivity index (χ0v) is 14.6. The second-order valence-corrected chi connectivity index (χ2v) is 5.93. The molecule has 7 nitrogen and oxygen atoms in total. The maximum absolute atomic E-state index is 12.4. The molecule has 2 rings (SSSR count). The molecular weight excluding hydrogens is 322 g/mol. The summed E-state index contributed by atoms with van der Waals surface area (Å²) in [6, 6.07) is 7.72. The minimum absolute atomic E-state index is 0.184. The Labute approximate surface area is 145 Å². The van der Waals surface area contributed by atoms with Crippen LogP contribution in [0.15, 0.2) is 35.1 Å². The van der Waals surface area contributed by atoms with E-state index in [1.54, 1.807) is 45.0 Å². The van der Waals surface area contributed by atoms with Crippen LogP contribution in [0.1, 0.15) is 29.9 Å². The van der Waals surface area contributed by atoms with Crippen molar-refractivity contribution in [2.45, 2.75) is 20.8 Å². The largest absolute Gasteiger partial charge is 0.497 e. The molecule has 132 valence electrons. The van der Waals surface area contributed by atoms with Crippen molar-refractivity contribution in [2.24, 2.45) is 5.92 Å². The Morgan fingerprint density at radius 1 is 1.08 bits per heavy atom. The highest BCUT2D eigenvalue weighted by Gasteiger charge is 2.14. The van der Waals surface area contributed by atoms with Crippen molar-refractivity contribution < 1.29 is 14.3 Å². The molecule has 0 saturated heterocycles. The van der Waals surface area contributed by atoms with Gasteiger partial charge in [0.25, 0.3) is 5.91 Å². The molecule has 2 amide bonds. The van der Waals surface area contributed by atoms with Gasteiger partial charge in [-0.1, -0.05) is 13.8 Å². The summed E-state index contributed by atoms with van der Waals surface area (Å²) in [5.74, 6) is -0.302. The van der Waals surface area contributed by atoms with Gasteiger partial charge in [0, 0.05) is 29.3 Å². The molecular formula is C18H21N3O4. The molecule has 0 fully saturated rings. The van der Waals surface area contributed by atoms with E-state index in [4.69, 9.17) is 4.74 Å². The van der Waals surface area contributed by atoms with E-state index in [-0.39, 0.29) is 22.9 Å². The number of pyridine rings is 1. The first-order valence-electron chi connectivity index (χ1n) is 7.81. The number of aromatic nitrogens is 1. The molecule has 0 radical (unpaired) electrons. The molecule has 0 bridgehead atoms. The molecule has 0 spiro atoms. The molecule has 1 heterocycles. The van der Waals surface area contributed by atoms with Gasteiger partial charge in [-0.15, -0.1) is 0 Å². The Hall–Kier alpha value is -3.09. The first kappa shape index (κ1) is 18.3. The minimum Gasteiger partial charge on any atom is -0.497 e. The summed E-state index contributed by atoms with van der Waals surface area (Å²) in [5.41, 5.74) is 1.30. The van der Waals surface area contributed by atoms with Crippen LogP contribution in [0.2, 0.25) is 0 Å². The van der Waals surface area contributed by atoms with E-state index in [1.807, 2.05) is 0 Å². The minimum atomic E-state index is -0.445. The Kier molecular flexibility index (Phi) is 5.59. The third-order valence-corrected chi connectivity index (χ3v) is 3.50. The number of hydrogen-bond donors (Lipinski definition) is 3. The number of carbonyl (C=O) groups excluding carboxylic acids is 2. The van der Waals surface area contributed by atoms with Gasteiger partial charge in [-0.2, -0.15) is 0 Å². The summed E-state index contributed by atoms with van der Waals surface area (Å²) in [5, 5.41) is 5.48. The smallest absolute Gasteiger partial charge is 0.255 e. The number of H-pyrrole nitrogens is 1. The highest BCUT2D eigenvalue weighted by Crippen LogP contribution is 2.28. The number of amides is 2. The van der Waals surface area contributed by atoms with Crippen molar-refractivity contribution in [1.29, 1.82) is 0 Å². The summed E-state index contributed by atoms with van der Waals surface area (Å²) < 4.78 is 5.16. The molecule has 25 heavy (non-hydrogen) atoms. The van der Waals surface area contributed by atoms with Gasteiger partial charge in [0.2, 0.25) is 11.5 Å². The lowest BCUT2D eigenvalue weighted by molar-refractivity contribution is -0.118. The maximum atomic E-state index is 12.4. The average Bonchev–Trinajstić information content (AvgIpc) is 2.55. The number of anilines is 2. The molecule has 1 aromatic carbocycles. The third-order valence-electron chi connectivity index (χ3n) is 3.50. The first-order chi connectivity index (χ1) is 11.8. The van der Waals surface area contributed by atoms with Crippen LogP contribution in [0, 0.1) is 12.8 Å². The maximum Gasteiger partial charge on any atom is 0.255 e. The zero-order chi connectivity index (χ0) is 18.6. The number of carbonyl (C=O) groups is 2. The van der Waals surface area contributed by atoms with Gasteiger partial charge in [0.1, 0.15) is 5.75 Å². The van der Waals surface area contributed by atoms with Gasteiger partial charge < -0.3 is 20.4 Å². The molecule has 3 N–H and O–H groups in total. The molecule has 0 saturated carbocycles. The van der Waals surface area contributed by atoms with Crippen LogP contribution in [0.4, 0.5) is 11.4 Å². The van der Waals surface area contributed by atoms with Gasteiger partial charge in [-0.25, -0.2) is 0 Å². The number of nitrogens with one attached hydrogen (secondary N) is 3. The molecule has 0 unspecified atom stereocenters. The van der Waals surface area contributed by atoms with Crippen molar-refractivity contribution in [2.75, 3.05) is 17.7 Å². The highest BCUT2D eigenvalue weighted by molar-refractivity contribution is 6.07. The highest BCUT2D eigenvalue weighted by atomic mass is 16.5. The number of methoxy groups -OCH3 is 1. The van der Waals surface area contributed by atoms with E-state index in [0.717, 1.165) is 0 Å². The number of aromatic amines is 1. The first-order valence-corrected chi connectivity index (χ1v) is 7.81. The van der Waals surface area contributed by atoms with Crippen molar-refractivity contribution in [1.82, 2.24) is 4.98 Å². The lowest BCUT2D eigenvalue weighted by atomic mass is 10.1. The lowest BCUT2D eigenvalue weighted by Gasteiger charge is -2.15. The average molecular weight is 343 g/mol. The van der Waals surface area contributed by atoms with Crippen LogP contribution in [-0.4, -0.2) is 23.9 Å². The summed E-state index contributed by atoms with van der Waals surface area (Å²) in [4.78, 5) is 38.6. The lowest BCUT2D eigenvalue weighted by Crippen LogP contribution is -2.21. The van der Waals surface area contributed by atoms with Gasteiger partial charge in [-0.3, -0.25) is 14.4 Å². The molecule has 0 aliphatic heterocycles. The van der Waals surface area contributed by atoms with E-state index in [1.165, 1.54) is 13.2 Å². The summed E-state index contributed by atoms with van der Waals surface area (Å²) >= 11 is 0. The SMILES string of the molecule is COc1ccc(NC(=O)c2cc(C)[nH]c(=O)c2)c(NC(=O)C(C)C)c1. The van der Waals surface area contributed by atoms with Crippen LogP contribution in [-0.2, 0) is 4.79 Å². The van der Waals surface area contributed by atoms with E-state index < -0.39 is 5.91 Å². The fourth-order valence-corrected chi connectivity index (χ4v) is 2.15. The standard InChI is InChI=1S/C18H21N3O4/c1-10(2)17(23)21-15-9-13(25-4)5-6-14(15)20-18(24)12-7-11(3)19-16(22)8-12/h5-10H,1-4H3,(H,19,22)(H,20,24)(H,21,23). The van der Waals surface area contributed by atoms with Crippen LogP contribution in [0.25, 0.3) is 0 Å². The number of aryl methyl sites for hydroxylation is 1. The molecule has 0 atom stereocenters. The number of rotatable bonds is 5. The van der Waals surface area contributed by atoms with Crippen LogP contribution in [0.3, 0.4) is 0 Å². The van der Waals surface area contributed by atoms with Gasteiger partial charge in [-0.05, 0) is 25.1 Å². The summed E-state index contributed by atoms with van der Waals surface area (Å²) in [6.07, 6.45) is 0. The van der Waals surface area contributed by atoms with Gasteiger partial charge >= 0.3 is 0 Å². The van der Waals surface area contributed by atoms with Gasteiger partial charge in [0.15, 0.2) is 0 Å². The van der Waals surface area contributed by atoms with Crippen molar-refractivity contribution >= 4 is 23.2 Å². The molecule has 2 aromatic rings. The second-order valence-electron chi connectivity index (χ2n) is 5.93. The monoisotopic (exact) mass is 343 g/mol. The zero-order valence-electron chi connectivity index (χ0n) is 14.6. The Bertz CT molecular complexity index is 856. The number of ether oxygens (including phenoxy) is 1. The number of benzene rings is 1. The molecule has 0 aliphatic carbocycles. The summed E-state index contributed by atoms with van der Waals surface area (Å²) in [6.45, 7) is 5.24. The third kappa shape index (κ3) is 4.69. The Morgan fingerprint density at radius 3 is 2.40 bits per heavy atom. The Balaban J connectivity index is 2.32.